The first-order valence-corrected chi connectivity index (χ1v) is 3.96. The van der Waals surface area contributed by atoms with E-state index in [0.29, 0.717) is 0 Å². The van der Waals surface area contributed by atoms with E-state index < -0.39 is 17.7 Å². The van der Waals surface area contributed by atoms with Crippen LogP contribution in [0.15, 0.2) is 0 Å². The van der Waals surface area contributed by atoms with E-state index in [1.807, 2.05) is 0 Å². The lowest BCUT2D eigenvalue weighted by molar-refractivity contribution is -0.134. The van der Waals surface area contributed by atoms with Gasteiger partial charge >= 0.3 is 0 Å². The summed E-state index contributed by atoms with van der Waals surface area (Å²) in [6.45, 7) is -0.524. The van der Waals surface area contributed by atoms with Gasteiger partial charge in [-0.1, -0.05) is 0 Å². The van der Waals surface area contributed by atoms with Crippen molar-refractivity contribution in [1.82, 2.24) is 10.2 Å². The van der Waals surface area contributed by atoms with Gasteiger partial charge in [-0.2, -0.15) is 0 Å². The normalized spacial score (nSPS) is 9.29. The van der Waals surface area contributed by atoms with Crippen LogP contribution >= 0.6 is 0 Å². The Morgan fingerprint density at radius 3 is 2.36 bits per heavy atom. The van der Waals surface area contributed by atoms with E-state index in [-0.39, 0.29) is 19.6 Å². The Hall–Kier alpha value is -1.63. The Labute approximate surface area is 81.4 Å². The fourth-order valence-corrected chi connectivity index (χ4v) is 0.703. The first-order chi connectivity index (χ1) is 6.47. The molecule has 0 aliphatic rings. The Balaban J connectivity index is 3.84. The summed E-state index contributed by atoms with van der Waals surface area (Å²) < 4.78 is 0. The highest BCUT2D eigenvalue weighted by Gasteiger charge is 2.11. The maximum Gasteiger partial charge on any atom is 0.242 e. The molecule has 0 saturated carbocycles. The molecule has 7 heteroatoms. The highest BCUT2D eigenvalue weighted by molar-refractivity contribution is 5.88. The van der Waals surface area contributed by atoms with Gasteiger partial charge in [-0.3, -0.25) is 14.4 Å². The molecule has 0 aliphatic heterocycles. The molecule has 14 heavy (non-hydrogen) atoms. The summed E-state index contributed by atoms with van der Waals surface area (Å²) in [6, 6.07) is 0. The number of nitrogens with one attached hydrogen (secondary N) is 1. The number of hydrogen-bond acceptors (Lipinski definition) is 4. The number of primary amides is 1. The van der Waals surface area contributed by atoms with E-state index in [1.54, 1.807) is 0 Å². The quantitative estimate of drug-likeness (QED) is 0.440. The monoisotopic (exact) mass is 202 g/mol. The van der Waals surface area contributed by atoms with Crippen molar-refractivity contribution in [3.8, 4) is 0 Å². The number of rotatable bonds is 5. The van der Waals surface area contributed by atoms with Crippen LogP contribution in [-0.4, -0.2) is 49.3 Å². The topological polar surface area (TPSA) is 119 Å². The molecule has 0 radical (unpaired) electrons. The number of carbonyl (C=O) groups is 3. The number of amides is 3. The van der Waals surface area contributed by atoms with Crippen LogP contribution in [0.2, 0.25) is 0 Å². The minimum atomic E-state index is -0.606. The summed E-state index contributed by atoms with van der Waals surface area (Å²) in [4.78, 5) is 33.4. The van der Waals surface area contributed by atoms with Gasteiger partial charge in [0.1, 0.15) is 0 Å². The zero-order valence-corrected chi connectivity index (χ0v) is 7.95. The molecule has 0 saturated heterocycles. The van der Waals surface area contributed by atoms with Gasteiger partial charge in [-0.15, -0.1) is 0 Å². The van der Waals surface area contributed by atoms with Crippen molar-refractivity contribution in [3.05, 3.63) is 0 Å². The molecule has 5 N–H and O–H groups in total. The summed E-state index contributed by atoms with van der Waals surface area (Å²) in [7, 11) is 1.42. The summed E-state index contributed by atoms with van der Waals surface area (Å²) in [5, 5.41) is 2.28. The van der Waals surface area contributed by atoms with Crippen LogP contribution < -0.4 is 16.8 Å². The average molecular weight is 202 g/mol. The van der Waals surface area contributed by atoms with Crippen molar-refractivity contribution in [2.45, 2.75) is 0 Å². The lowest BCUT2D eigenvalue weighted by Gasteiger charge is -2.14. The van der Waals surface area contributed by atoms with Gasteiger partial charge in [0.25, 0.3) is 0 Å². The fourth-order valence-electron chi connectivity index (χ4n) is 0.703. The van der Waals surface area contributed by atoms with E-state index >= 15 is 0 Å². The summed E-state index contributed by atoms with van der Waals surface area (Å²) >= 11 is 0. The smallest absolute Gasteiger partial charge is 0.242 e. The number of hydrogen-bond donors (Lipinski definition) is 3. The SMILES string of the molecule is CN(CC(N)=O)C(=O)CNC(=O)CN. The van der Waals surface area contributed by atoms with Crippen molar-refractivity contribution in [2.24, 2.45) is 11.5 Å². The molecule has 0 rings (SSSR count). The molecule has 0 aromatic rings. The van der Waals surface area contributed by atoms with Crippen molar-refractivity contribution in [2.75, 3.05) is 26.7 Å². The predicted octanol–water partition coefficient (Wildman–Crippen LogP) is -2.99. The van der Waals surface area contributed by atoms with E-state index in [4.69, 9.17) is 11.5 Å². The van der Waals surface area contributed by atoms with Gasteiger partial charge in [0.05, 0.1) is 19.6 Å². The third-order valence-electron chi connectivity index (χ3n) is 1.44. The Bertz CT molecular complexity index is 241. The first kappa shape index (κ1) is 12.4. The summed E-state index contributed by atoms with van der Waals surface area (Å²) in [5.41, 5.74) is 9.88. The molecule has 0 aliphatic carbocycles. The van der Waals surface area contributed by atoms with Gasteiger partial charge in [0, 0.05) is 7.05 Å². The fraction of sp³-hybridized carbons (Fsp3) is 0.571. The van der Waals surface area contributed by atoms with E-state index in [2.05, 4.69) is 5.32 Å². The minimum absolute atomic E-state index is 0.169. The molecule has 80 valence electrons. The van der Waals surface area contributed by atoms with Crippen LogP contribution in [0.3, 0.4) is 0 Å². The van der Waals surface area contributed by atoms with Crippen molar-refractivity contribution in [1.29, 1.82) is 0 Å². The molecular formula is C7H14N4O3. The summed E-state index contributed by atoms with van der Waals surface area (Å²) in [5.74, 6) is -1.43. The van der Waals surface area contributed by atoms with Gasteiger partial charge < -0.3 is 21.7 Å². The average Bonchev–Trinajstić information content (AvgIpc) is 2.12. The largest absolute Gasteiger partial charge is 0.368 e. The molecular weight excluding hydrogens is 188 g/mol. The molecule has 3 amide bonds. The Kier molecular flexibility index (Phi) is 5.23. The van der Waals surface area contributed by atoms with E-state index in [0.717, 1.165) is 4.90 Å². The molecule has 0 heterocycles. The summed E-state index contributed by atoms with van der Waals surface area (Å²) in [6.07, 6.45) is 0. The minimum Gasteiger partial charge on any atom is -0.368 e. The number of nitrogens with zero attached hydrogens (tertiary/aromatic N) is 1. The van der Waals surface area contributed by atoms with E-state index in [1.165, 1.54) is 7.05 Å². The van der Waals surface area contributed by atoms with Gasteiger partial charge in [-0.05, 0) is 0 Å². The molecule has 0 bridgehead atoms. The lowest BCUT2D eigenvalue weighted by Crippen LogP contribution is -2.43. The second kappa shape index (κ2) is 5.92. The molecule has 0 fully saturated rings. The van der Waals surface area contributed by atoms with Gasteiger partial charge in [0.2, 0.25) is 17.7 Å². The third kappa shape index (κ3) is 5.09. The highest BCUT2D eigenvalue weighted by atomic mass is 16.2. The van der Waals surface area contributed by atoms with Crippen LogP contribution in [0.1, 0.15) is 0 Å². The molecule has 0 aromatic heterocycles. The number of carbonyl (C=O) groups excluding carboxylic acids is 3. The Morgan fingerprint density at radius 1 is 1.36 bits per heavy atom. The first-order valence-electron chi connectivity index (χ1n) is 3.96. The second-order valence-electron chi connectivity index (χ2n) is 2.70. The molecule has 0 unspecified atom stereocenters. The highest BCUT2D eigenvalue weighted by Crippen LogP contribution is 1.82. The molecule has 0 spiro atoms. The van der Waals surface area contributed by atoms with Gasteiger partial charge in [-0.25, -0.2) is 0 Å². The second-order valence-corrected chi connectivity index (χ2v) is 2.70. The lowest BCUT2D eigenvalue weighted by atomic mass is 10.4. The van der Waals surface area contributed by atoms with Crippen LogP contribution in [-0.2, 0) is 14.4 Å². The molecule has 0 aromatic carbocycles. The van der Waals surface area contributed by atoms with Crippen LogP contribution in [0.25, 0.3) is 0 Å². The maximum atomic E-state index is 11.2. The molecule has 7 nitrogen and oxygen atoms in total. The van der Waals surface area contributed by atoms with Crippen molar-refractivity contribution < 1.29 is 14.4 Å². The predicted molar refractivity (Wildman–Crippen MR) is 48.9 cm³/mol. The van der Waals surface area contributed by atoms with Crippen LogP contribution in [0.5, 0.6) is 0 Å². The van der Waals surface area contributed by atoms with E-state index in [9.17, 15) is 14.4 Å². The zero-order valence-electron chi connectivity index (χ0n) is 7.95. The zero-order chi connectivity index (χ0) is 11.1. The number of nitrogens with two attached hydrogens (primary N) is 2. The standard InChI is InChI=1S/C7H14N4O3/c1-11(4-5(9)12)7(14)3-10-6(13)2-8/h2-4,8H2,1H3,(H2,9,12)(H,10,13). The van der Waals surface area contributed by atoms with Crippen LogP contribution in [0, 0.1) is 0 Å². The van der Waals surface area contributed by atoms with Crippen LogP contribution in [0.4, 0.5) is 0 Å². The number of likely N-dealkylation sites (N-methyl/N-ethyl adjacent to an activating group) is 1. The molecule has 0 atom stereocenters. The van der Waals surface area contributed by atoms with Gasteiger partial charge in [0.15, 0.2) is 0 Å². The van der Waals surface area contributed by atoms with Crippen molar-refractivity contribution in [3.63, 3.8) is 0 Å². The van der Waals surface area contributed by atoms with Crippen molar-refractivity contribution >= 4 is 17.7 Å². The Morgan fingerprint density at radius 2 is 1.93 bits per heavy atom. The maximum absolute atomic E-state index is 11.2. The third-order valence-corrected chi connectivity index (χ3v) is 1.44.